The molecule has 0 radical (unpaired) electrons. The van der Waals surface area contributed by atoms with Crippen LogP contribution in [0.2, 0.25) is 0 Å². The second-order valence-electron chi connectivity index (χ2n) is 8.29. The number of nitrogens with zero attached hydrogens (tertiary/aromatic N) is 1. The highest BCUT2D eigenvalue weighted by atomic mass is 15.0. The van der Waals surface area contributed by atoms with Crippen LogP contribution >= 0.6 is 0 Å². The van der Waals surface area contributed by atoms with E-state index in [1.165, 1.54) is 44.1 Å². The number of allylic oxidation sites excluding steroid dienone is 5. The smallest absolute Gasteiger partial charge is 0.0619 e. The maximum absolute atomic E-state index is 4.12. The lowest BCUT2D eigenvalue weighted by molar-refractivity contribution is 1.18. The Morgan fingerprint density at radius 2 is 1.45 bits per heavy atom. The molecule has 160 valence electrons. The van der Waals surface area contributed by atoms with Gasteiger partial charge in [-0.25, -0.2) is 0 Å². The van der Waals surface area contributed by atoms with E-state index in [1.807, 2.05) is 19.1 Å². The van der Waals surface area contributed by atoms with Gasteiger partial charge in [-0.1, -0.05) is 115 Å². The van der Waals surface area contributed by atoms with E-state index in [9.17, 15) is 0 Å². The standard InChI is InChI=1S/C32H27N/c1-4-6-12-24(5-2)27-15-10-17-29-30-18-11-16-28(25-21-19-23(3)20-22-25)32(30)33(31(27)29)26-13-8-7-9-14-26/h4-22H,2H2,1,3H3/b6-4-,24-12+. The first-order chi connectivity index (χ1) is 16.2. The zero-order valence-electron chi connectivity index (χ0n) is 19.1. The minimum atomic E-state index is 1.11. The van der Waals surface area contributed by atoms with Crippen LogP contribution in [0.4, 0.5) is 0 Å². The molecule has 1 aromatic heterocycles. The molecule has 1 heteroatoms. The predicted octanol–water partition coefficient (Wildman–Crippen LogP) is 8.90. The molecule has 1 heterocycles. The number of hydrogen-bond acceptors (Lipinski definition) is 0. The van der Waals surface area contributed by atoms with Crippen LogP contribution in [0.5, 0.6) is 0 Å². The fraction of sp³-hybridized carbons (Fsp3) is 0.0625. The molecule has 0 unspecified atom stereocenters. The van der Waals surface area contributed by atoms with Crippen LogP contribution in [0.25, 0.3) is 44.2 Å². The van der Waals surface area contributed by atoms with E-state index < -0.39 is 0 Å². The SMILES string of the molecule is C=C/C(=C\C=C/C)c1cccc2c3cccc(-c4ccc(C)cc4)c3n(-c3ccccc3)c12. The molecule has 0 aliphatic heterocycles. The Morgan fingerprint density at radius 1 is 0.758 bits per heavy atom. The lowest BCUT2D eigenvalue weighted by atomic mass is 9.99. The Labute approximate surface area is 195 Å². The van der Waals surface area contributed by atoms with Crippen LogP contribution < -0.4 is 0 Å². The maximum Gasteiger partial charge on any atom is 0.0619 e. The number of hydrogen-bond donors (Lipinski definition) is 0. The van der Waals surface area contributed by atoms with Crippen LogP contribution in [-0.4, -0.2) is 4.57 Å². The second-order valence-corrected chi connectivity index (χ2v) is 8.29. The molecular formula is C32H27N. The highest BCUT2D eigenvalue weighted by Gasteiger charge is 2.19. The van der Waals surface area contributed by atoms with Gasteiger partial charge in [0.25, 0.3) is 0 Å². The molecule has 0 aliphatic rings. The molecule has 33 heavy (non-hydrogen) atoms. The molecule has 4 aromatic carbocycles. The van der Waals surface area contributed by atoms with Gasteiger partial charge >= 0.3 is 0 Å². The number of benzene rings is 4. The van der Waals surface area contributed by atoms with Crippen molar-refractivity contribution in [1.82, 2.24) is 4.57 Å². The minimum Gasteiger partial charge on any atom is -0.308 e. The summed E-state index contributed by atoms with van der Waals surface area (Å²) < 4.78 is 2.42. The molecule has 0 bridgehead atoms. The van der Waals surface area contributed by atoms with Gasteiger partial charge in [0, 0.05) is 27.6 Å². The van der Waals surface area contributed by atoms with Gasteiger partial charge in [0.2, 0.25) is 0 Å². The van der Waals surface area contributed by atoms with E-state index >= 15 is 0 Å². The molecule has 5 aromatic rings. The van der Waals surface area contributed by atoms with Gasteiger partial charge in [-0.05, 0) is 37.1 Å². The Morgan fingerprint density at radius 3 is 2.15 bits per heavy atom. The van der Waals surface area contributed by atoms with Gasteiger partial charge in [-0.2, -0.15) is 0 Å². The quantitative estimate of drug-likeness (QED) is 0.248. The van der Waals surface area contributed by atoms with Gasteiger partial charge in [0.15, 0.2) is 0 Å². The normalized spacial score (nSPS) is 12.1. The van der Waals surface area contributed by atoms with E-state index in [0.717, 1.165) is 11.3 Å². The summed E-state index contributed by atoms with van der Waals surface area (Å²) in [5.74, 6) is 0. The first-order valence-electron chi connectivity index (χ1n) is 11.4. The second kappa shape index (κ2) is 8.80. The molecule has 0 saturated carbocycles. The molecule has 0 atom stereocenters. The van der Waals surface area contributed by atoms with Crippen LogP contribution in [0.3, 0.4) is 0 Å². The van der Waals surface area contributed by atoms with E-state index in [0.29, 0.717) is 0 Å². The zero-order chi connectivity index (χ0) is 22.8. The molecule has 0 aliphatic carbocycles. The monoisotopic (exact) mass is 425 g/mol. The average Bonchev–Trinajstić information content (AvgIpc) is 3.21. The molecular weight excluding hydrogens is 398 g/mol. The van der Waals surface area contributed by atoms with Crippen molar-refractivity contribution in [2.45, 2.75) is 13.8 Å². The van der Waals surface area contributed by atoms with Gasteiger partial charge in [-0.3, -0.25) is 0 Å². The minimum absolute atomic E-state index is 1.11. The van der Waals surface area contributed by atoms with Gasteiger partial charge in [-0.15, -0.1) is 0 Å². The topological polar surface area (TPSA) is 4.93 Å². The van der Waals surface area contributed by atoms with Crippen molar-refractivity contribution in [2.24, 2.45) is 0 Å². The molecule has 0 fully saturated rings. The van der Waals surface area contributed by atoms with E-state index in [4.69, 9.17) is 0 Å². The summed E-state index contributed by atoms with van der Waals surface area (Å²) in [5, 5.41) is 2.50. The number of para-hydroxylation sites is 3. The van der Waals surface area contributed by atoms with E-state index in [2.05, 4.69) is 121 Å². The molecule has 5 rings (SSSR count). The van der Waals surface area contributed by atoms with E-state index in [1.54, 1.807) is 0 Å². The Balaban J connectivity index is 1.98. The average molecular weight is 426 g/mol. The fourth-order valence-electron chi connectivity index (χ4n) is 4.62. The van der Waals surface area contributed by atoms with Crippen molar-refractivity contribution in [1.29, 1.82) is 0 Å². The third-order valence-corrected chi connectivity index (χ3v) is 6.19. The molecule has 1 nitrogen and oxygen atoms in total. The number of aryl methyl sites for hydroxylation is 1. The lowest BCUT2D eigenvalue weighted by Gasteiger charge is -2.14. The van der Waals surface area contributed by atoms with Crippen molar-refractivity contribution < 1.29 is 0 Å². The van der Waals surface area contributed by atoms with Crippen molar-refractivity contribution in [3.63, 3.8) is 0 Å². The van der Waals surface area contributed by atoms with Crippen LogP contribution in [0, 0.1) is 6.92 Å². The Kier molecular flexibility index (Phi) is 5.54. The van der Waals surface area contributed by atoms with E-state index in [-0.39, 0.29) is 0 Å². The lowest BCUT2D eigenvalue weighted by Crippen LogP contribution is -1.97. The van der Waals surface area contributed by atoms with Gasteiger partial charge in [0.1, 0.15) is 0 Å². The zero-order valence-corrected chi connectivity index (χ0v) is 19.1. The fourth-order valence-corrected chi connectivity index (χ4v) is 4.62. The molecule has 0 N–H and O–H groups in total. The highest BCUT2D eigenvalue weighted by molar-refractivity contribution is 6.16. The van der Waals surface area contributed by atoms with Crippen molar-refractivity contribution in [3.8, 4) is 16.8 Å². The van der Waals surface area contributed by atoms with Crippen LogP contribution in [-0.2, 0) is 0 Å². The van der Waals surface area contributed by atoms with Crippen LogP contribution in [0.1, 0.15) is 18.1 Å². The molecule has 0 spiro atoms. The summed E-state index contributed by atoms with van der Waals surface area (Å²) in [6.07, 6.45) is 8.20. The van der Waals surface area contributed by atoms with Crippen LogP contribution in [0.15, 0.2) is 122 Å². The summed E-state index contributed by atoms with van der Waals surface area (Å²) in [6.45, 7) is 8.28. The summed E-state index contributed by atoms with van der Waals surface area (Å²) in [5.41, 5.74) is 9.59. The first-order valence-corrected chi connectivity index (χ1v) is 11.4. The largest absolute Gasteiger partial charge is 0.308 e. The maximum atomic E-state index is 4.12. The summed E-state index contributed by atoms with van der Waals surface area (Å²) in [6, 6.07) is 32.7. The van der Waals surface area contributed by atoms with Gasteiger partial charge < -0.3 is 4.57 Å². The molecule has 0 amide bonds. The third-order valence-electron chi connectivity index (χ3n) is 6.19. The van der Waals surface area contributed by atoms with Crippen molar-refractivity contribution >= 4 is 27.4 Å². The predicted molar refractivity (Wildman–Crippen MR) is 144 cm³/mol. The summed E-state index contributed by atoms with van der Waals surface area (Å²) >= 11 is 0. The number of fused-ring (bicyclic) bond motifs is 3. The highest BCUT2D eigenvalue weighted by Crippen LogP contribution is 2.40. The third kappa shape index (κ3) is 3.62. The first kappa shape index (κ1) is 20.8. The number of aromatic nitrogens is 1. The van der Waals surface area contributed by atoms with Gasteiger partial charge in [0.05, 0.1) is 11.0 Å². The summed E-state index contributed by atoms with van der Waals surface area (Å²) in [7, 11) is 0. The number of rotatable bonds is 5. The Bertz CT molecular complexity index is 1510. The molecule has 0 saturated heterocycles. The van der Waals surface area contributed by atoms with Crippen molar-refractivity contribution in [3.05, 3.63) is 133 Å². The van der Waals surface area contributed by atoms with Crippen molar-refractivity contribution in [2.75, 3.05) is 0 Å². The summed E-state index contributed by atoms with van der Waals surface area (Å²) in [4.78, 5) is 0. The Hall–Kier alpha value is -4.10.